The Hall–Kier alpha value is -3.44. The number of unbranched alkanes of at least 4 members (excludes halogenated alkanes) is 14. The third-order valence-corrected chi connectivity index (χ3v) is 9.80. The fraction of sp³-hybridized carbons (Fsp3) is 0.636. The first-order valence-corrected chi connectivity index (χ1v) is 24.4. The highest BCUT2D eigenvalue weighted by Crippen LogP contribution is 2.12. The summed E-state index contributed by atoms with van der Waals surface area (Å²) in [5.41, 5.74) is 0. The van der Waals surface area contributed by atoms with Crippen molar-refractivity contribution in [1.82, 2.24) is 0 Å². The van der Waals surface area contributed by atoms with Gasteiger partial charge in [-0.1, -0.05) is 194 Å². The third-order valence-electron chi connectivity index (χ3n) is 9.80. The molecule has 0 saturated heterocycles. The summed E-state index contributed by atoms with van der Waals surface area (Å²) in [4.78, 5) is 25.3. The summed E-state index contributed by atoms with van der Waals surface area (Å²) in [6.07, 6.45) is 68.1. The monoisotopic (exact) mass is 831 g/mol. The lowest BCUT2D eigenvalue weighted by atomic mass is 10.1. The number of ether oxygens (including phenoxy) is 3. The van der Waals surface area contributed by atoms with E-state index in [1.807, 2.05) is 0 Å². The van der Waals surface area contributed by atoms with E-state index in [0.717, 1.165) is 128 Å². The Labute approximate surface area is 370 Å². The molecule has 1 atom stereocenters. The third kappa shape index (κ3) is 47.2. The second kappa shape index (κ2) is 49.9. The highest BCUT2D eigenvalue weighted by Gasteiger charge is 2.17. The van der Waals surface area contributed by atoms with Gasteiger partial charge in [0, 0.05) is 19.4 Å². The van der Waals surface area contributed by atoms with Gasteiger partial charge in [-0.25, -0.2) is 0 Å². The quantitative estimate of drug-likeness (QED) is 0.0348. The molecule has 60 heavy (non-hydrogen) atoms. The Bertz CT molecular complexity index is 1210. The van der Waals surface area contributed by atoms with E-state index in [0.29, 0.717) is 19.4 Å². The molecule has 0 bridgehead atoms. The van der Waals surface area contributed by atoms with Crippen LogP contribution < -0.4 is 0 Å². The van der Waals surface area contributed by atoms with Crippen molar-refractivity contribution in [2.75, 3.05) is 19.8 Å². The van der Waals surface area contributed by atoms with E-state index < -0.39 is 6.10 Å². The van der Waals surface area contributed by atoms with Crippen molar-refractivity contribution in [2.45, 2.75) is 207 Å². The second-order valence-corrected chi connectivity index (χ2v) is 15.6. The molecule has 0 heterocycles. The summed E-state index contributed by atoms with van der Waals surface area (Å²) < 4.78 is 17.3. The molecule has 5 nitrogen and oxygen atoms in total. The lowest BCUT2D eigenvalue weighted by Crippen LogP contribution is -2.30. The first-order valence-electron chi connectivity index (χ1n) is 24.4. The molecule has 0 rings (SSSR count). The largest absolute Gasteiger partial charge is 0.462 e. The van der Waals surface area contributed by atoms with Crippen LogP contribution in [-0.2, 0) is 23.8 Å². The SMILES string of the molecule is CC/C=C\C/C=C\C/C=C\C/C=C\C/C=C\CCCCCC(=O)OCC(COCCCCC/C=C\C/C=C\C/C=C\C/C=C\CC)OC(=O)CCCCCCCCCCC. The molecule has 0 saturated carbocycles. The topological polar surface area (TPSA) is 61.8 Å². The summed E-state index contributed by atoms with van der Waals surface area (Å²) in [6.45, 7) is 7.46. The Balaban J connectivity index is 4.34. The predicted octanol–water partition coefficient (Wildman–Crippen LogP) is 16.4. The van der Waals surface area contributed by atoms with Crippen molar-refractivity contribution in [3.05, 3.63) is 109 Å². The van der Waals surface area contributed by atoms with Gasteiger partial charge in [0.25, 0.3) is 0 Å². The van der Waals surface area contributed by atoms with Gasteiger partial charge in [0.05, 0.1) is 6.61 Å². The molecule has 0 spiro atoms. The van der Waals surface area contributed by atoms with E-state index in [2.05, 4.69) is 130 Å². The van der Waals surface area contributed by atoms with Crippen LogP contribution in [0, 0.1) is 0 Å². The summed E-state index contributed by atoms with van der Waals surface area (Å²) in [6, 6.07) is 0. The number of carbonyl (C=O) groups excluding carboxylic acids is 2. The maximum atomic E-state index is 12.7. The van der Waals surface area contributed by atoms with Crippen LogP contribution in [0.3, 0.4) is 0 Å². The zero-order valence-electron chi connectivity index (χ0n) is 38.9. The van der Waals surface area contributed by atoms with Gasteiger partial charge >= 0.3 is 11.9 Å². The number of esters is 2. The number of carbonyl (C=O) groups is 2. The number of allylic oxidation sites excluding steroid dienone is 18. The van der Waals surface area contributed by atoms with E-state index in [9.17, 15) is 9.59 Å². The Kier molecular flexibility index (Phi) is 47.1. The minimum atomic E-state index is -0.570. The minimum absolute atomic E-state index is 0.0498. The molecule has 0 aliphatic carbocycles. The van der Waals surface area contributed by atoms with Crippen LogP contribution in [0.5, 0.6) is 0 Å². The minimum Gasteiger partial charge on any atom is -0.462 e. The van der Waals surface area contributed by atoms with Crippen molar-refractivity contribution < 1.29 is 23.8 Å². The Morgan fingerprint density at radius 2 is 0.750 bits per heavy atom. The summed E-state index contributed by atoms with van der Waals surface area (Å²) in [5, 5.41) is 0. The van der Waals surface area contributed by atoms with Crippen LogP contribution in [0.4, 0.5) is 0 Å². The fourth-order valence-corrected chi connectivity index (χ4v) is 6.23. The van der Waals surface area contributed by atoms with Gasteiger partial charge in [-0.3, -0.25) is 9.59 Å². The first kappa shape index (κ1) is 56.6. The molecule has 0 amide bonds. The van der Waals surface area contributed by atoms with Gasteiger partial charge in [0.15, 0.2) is 6.10 Å². The van der Waals surface area contributed by atoms with Crippen LogP contribution in [-0.4, -0.2) is 37.9 Å². The number of hydrogen-bond acceptors (Lipinski definition) is 5. The van der Waals surface area contributed by atoms with E-state index >= 15 is 0 Å². The Morgan fingerprint density at radius 3 is 1.20 bits per heavy atom. The van der Waals surface area contributed by atoms with E-state index in [4.69, 9.17) is 14.2 Å². The summed E-state index contributed by atoms with van der Waals surface area (Å²) >= 11 is 0. The van der Waals surface area contributed by atoms with Crippen molar-refractivity contribution in [3.63, 3.8) is 0 Å². The van der Waals surface area contributed by atoms with Crippen LogP contribution in [0.2, 0.25) is 0 Å². The lowest BCUT2D eigenvalue weighted by Gasteiger charge is -2.18. The van der Waals surface area contributed by atoms with Crippen molar-refractivity contribution in [2.24, 2.45) is 0 Å². The highest BCUT2D eigenvalue weighted by molar-refractivity contribution is 5.70. The summed E-state index contributed by atoms with van der Waals surface area (Å²) in [5.74, 6) is -0.462. The highest BCUT2D eigenvalue weighted by atomic mass is 16.6. The lowest BCUT2D eigenvalue weighted by molar-refractivity contribution is -0.163. The molecule has 0 aromatic heterocycles. The van der Waals surface area contributed by atoms with Crippen LogP contribution in [0.25, 0.3) is 0 Å². The molecule has 0 N–H and O–H groups in total. The van der Waals surface area contributed by atoms with Gasteiger partial charge in [-0.15, -0.1) is 0 Å². The van der Waals surface area contributed by atoms with Crippen molar-refractivity contribution in [1.29, 1.82) is 0 Å². The molecule has 0 fully saturated rings. The van der Waals surface area contributed by atoms with Crippen molar-refractivity contribution >= 4 is 11.9 Å². The van der Waals surface area contributed by atoms with Gasteiger partial charge in [-0.2, -0.15) is 0 Å². The van der Waals surface area contributed by atoms with E-state index in [1.54, 1.807) is 0 Å². The molecule has 0 aromatic rings. The van der Waals surface area contributed by atoms with Crippen LogP contribution in [0.1, 0.15) is 201 Å². The smallest absolute Gasteiger partial charge is 0.306 e. The second-order valence-electron chi connectivity index (χ2n) is 15.6. The van der Waals surface area contributed by atoms with Gasteiger partial charge < -0.3 is 14.2 Å². The molecule has 1 unspecified atom stereocenters. The first-order chi connectivity index (χ1) is 29.6. The van der Waals surface area contributed by atoms with E-state index in [-0.39, 0.29) is 25.2 Å². The predicted molar refractivity (Wildman–Crippen MR) is 260 cm³/mol. The zero-order valence-corrected chi connectivity index (χ0v) is 38.9. The van der Waals surface area contributed by atoms with Gasteiger partial charge in [0.1, 0.15) is 6.61 Å². The molecule has 0 aromatic carbocycles. The van der Waals surface area contributed by atoms with Gasteiger partial charge in [0.2, 0.25) is 0 Å². The number of rotatable bonds is 43. The molecule has 0 aliphatic rings. The molecular formula is C55H90O5. The maximum absolute atomic E-state index is 12.7. The number of hydrogen-bond donors (Lipinski definition) is 0. The average Bonchev–Trinajstić information content (AvgIpc) is 3.25. The normalized spacial score (nSPS) is 13.2. The molecule has 0 radical (unpaired) electrons. The van der Waals surface area contributed by atoms with E-state index in [1.165, 1.54) is 38.5 Å². The molecule has 0 aliphatic heterocycles. The molecule has 5 heteroatoms. The van der Waals surface area contributed by atoms with Gasteiger partial charge in [-0.05, 0) is 103 Å². The molecule has 340 valence electrons. The maximum Gasteiger partial charge on any atom is 0.306 e. The Morgan fingerprint density at radius 1 is 0.383 bits per heavy atom. The standard InChI is InChI=1S/C55H90O5/c1-4-7-10-13-16-19-21-23-25-27-28-29-30-32-34-37-39-42-45-48-54(56)59-52-53(60-55(57)49-46-43-40-36-18-15-12-9-6-3)51-58-50-47-44-41-38-35-33-31-26-24-22-20-17-14-11-8-5-2/h7-8,10-11,16-17,19-20,23-26,28-29,32-35,53H,4-6,9,12-15,18,21-22,27,30-31,36-52H2,1-3H3/b10-7-,11-8-,19-16-,20-17-,25-23-,26-24-,29-28-,34-32-,35-33-. The average molecular weight is 831 g/mol. The van der Waals surface area contributed by atoms with Crippen molar-refractivity contribution in [3.8, 4) is 0 Å². The zero-order chi connectivity index (χ0) is 43.5. The van der Waals surface area contributed by atoms with Crippen LogP contribution in [0.15, 0.2) is 109 Å². The fourth-order valence-electron chi connectivity index (χ4n) is 6.23. The molecular weight excluding hydrogens is 741 g/mol. The van der Waals surface area contributed by atoms with Crippen LogP contribution >= 0.6 is 0 Å². The summed E-state index contributed by atoms with van der Waals surface area (Å²) in [7, 11) is 0.